The molecule has 1 heterocycles. The molecule has 2 N–H and O–H groups in total. The maximum absolute atomic E-state index is 12.0. The number of ether oxygens (including phenoxy) is 2. The number of carbonyl (C=O) groups is 1. The van der Waals surface area contributed by atoms with Crippen LogP contribution in [0.2, 0.25) is 0 Å². The lowest BCUT2D eigenvalue weighted by atomic mass is 10.1. The number of esters is 1. The Labute approximate surface area is 105 Å². The maximum atomic E-state index is 12.0. The second-order valence-electron chi connectivity index (χ2n) is 3.15. The molecule has 0 aliphatic heterocycles. The molecule has 0 spiro atoms. The Morgan fingerprint density at radius 3 is 2.68 bits per heavy atom. The van der Waals surface area contributed by atoms with Crippen LogP contribution in [0.25, 0.3) is 0 Å². The van der Waals surface area contributed by atoms with E-state index in [1.165, 1.54) is 13.0 Å². The minimum Gasteiger partial charge on any atom is -0.462 e. The number of pyridine rings is 1. The van der Waals surface area contributed by atoms with E-state index in [1.807, 2.05) is 0 Å². The van der Waals surface area contributed by atoms with Crippen molar-refractivity contribution < 1.29 is 27.4 Å². The summed E-state index contributed by atoms with van der Waals surface area (Å²) in [5.41, 5.74) is 3.84. The van der Waals surface area contributed by atoms with E-state index in [-0.39, 0.29) is 12.2 Å². The van der Waals surface area contributed by atoms with Gasteiger partial charge in [-0.05, 0) is 6.92 Å². The first kappa shape index (κ1) is 14.6. The van der Waals surface area contributed by atoms with E-state index in [2.05, 4.69) is 14.5 Å². The predicted octanol–water partition coefficient (Wildman–Crippen LogP) is 1.61. The summed E-state index contributed by atoms with van der Waals surface area (Å²) in [7, 11) is 0. The number of hydrogen-bond acceptors (Lipinski definition) is 6. The predicted molar refractivity (Wildman–Crippen MR) is 56.0 cm³/mol. The van der Waals surface area contributed by atoms with Gasteiger partial charge in [0.25, 0.3) is 0 Å². The van der Waals surface area contributed by atoms with E-state index in [1.54, 1.807) is 0 Å². The summed E-state index contributed by atoms with van der Waals surface area (Å²) in [6.07, 6.45) is -4.26. The number of carbonyl (C=O) groups excluding carboxylic acids is 1. The van der Waals surface area contributed by atoms with Gasteiger partial charge in [0, 0.05) is 6.20 Å². The fourth-order valence-electron chi connectivity index (χ4n) is 1.18. The van der Waals surface area contributed by atoms with Crippen molar-refractivity contribution in [3.05, 3.63) is 17.3 Å². The van der Waals surface area contributed by atoms with Gasteiger partial charge in [-0.1, -0.05) is 0 Å². The Morgan fingerprint density at radius 1 is 1.58 bits per heavy atom. The number of halogens is 3. The molecule has 0 saturated heterocycles. The molecule has 1 aromatic rings. The summed E-state index contributed by atoms with van der Waals surface area (Å²) in [5, 5.41) is 8.84. The highest BCUT2D eigenvalue weighted by Gasteiger charge is 2.34. The zero-order valence-electron chi connectivity index (χ0n) is 9.61. The molecule has 1 rings (SSSR count). The van der Waals surface area contributed by atoms with Gasteiger partial charge >= 0.3 is 12.3 Å². The molecule has 0 saturated carbocycles. The van der Waals surface area contributed by atoms with E-state index < -0.39 is 29.5 Å². The van der Waals surface area contributed by atoms with Crippen LogP contribution < -0.4 is 10.5 Å². The Morgan fingerprint density at radius 2 is 2.21 bits per heavy atom. The highest BCUT2D eigenvalue weighted by molar-refractivity contribution is 5.94. The van der Waals surface area contributed by atoms with Gasteiger partial charge in [0.1, 0.15) is 11.8 Å². The average Bonchev–Trinajstić information content (AvgIpc) is 2.30. The van der Waals surface area contributed by atoms with Gasteiger partial charge in [0.05, 0.1) is 17.7 Å². The van der Waals surface area contributed by atoms with Crippen LogP contribution in [0.15, 0.2) is 6.20 Å². The van der Waals surface area contributed by atoms with Gasteiger partial charge in [0.2, 0.25) is 5.88 Å². The number of anilines is 1. The van der Waals surface area contributed by atoms with Crippen LogP contribution >= 0.6 is 0 Å². The minimum absolute atomic E-state index is 0.0322. The molecular formula is C10H8F3N3O3. The summed E-state index contributed by atoms with van der Waals surface area (Å²) in [6.45, 7) is 1.56. The Bertz CT molecular complexity index is 537. The van der Waals surface area contributed by atoms with Gasteiger partial charge in [-0.15, -0.1) is 13.2 Å². The van der Waals surface area contributed by atoms with Gasteiger partial charge < -0.3 is 15.2 Å². The fraction of sp³-hybridized carbons (Fsp3) is 0.300. The van der Waals surface area contributed by atoms with Crippen LogP contribution in [0.3, 0.4) is 0 Å². The van der Waals surface area contributed by atoms with E-state index in [0.717, 1.165) is 6.20 Å². The number of aromatic nitrogens is 1. The first-order valence-electron chi connectivity index (χ1n) is 4.91. The van der Waals surface area contributed by atoms with Crippen molar-refractivity contribution >= 4 is 11.7 Å². The third-order valence-electron chi connectivity index (χ3n) is 1.90. The number of nitrogens with zero attached hydrogens (tertiary/aromatic N) is 2. The Kier molecular flexibility index (Phi) is 4.16. The largest absolute Gasteiger partial charge is 0.574 e. The molecule has 0 atom stereocenters. The number of nitrogen functional groups attached to an aromatic ring is 1. The third kappa shape index (κ3) is 3.48. The van der Waals surface area contributed by atoms with Crippen LogP contribution in [-0.2, 0) is 4.74 Å². The molecule has 0 bridgehead atoms. The van der Waals surface area contributed by atoms with Crippen molar-refractivity contribution in [2.24, 2.45) is 0 Å². The van der Waals surface area contributed by atoms with Crippen LogP contribution in [0.5, 0.6) is 5.88 Å². The molecule has 0 fully saturated rings. The van der Waals surface area contributed by atoms with E-state index in [0.29, 0.717) is 0 Å². The summed E-state index contributed by atoms with van der Waals surface area (Å²) in [4.78, 5) is 14.7. The summed E-state index contributed by atoms with van der Waals surface area (Å²) >= 11 is 0. The quantitative estimate of drug-likeness (QED) is 0.841. The first-order chi connectivity index (χ1) is 8.80. The highest BCUT2D eigenvalue weighted by atomic mass is 19.4. The first-order valence-corrected chi connectivity index (χ1v) is 4.91. The molecule has 102 valence electrons. The maximum Gasteiger partial charge on any atom is 0.574 e. The minimum atomic E-state index is -5.00. The molecule has 0 aromatic carbocycles. The van der Waals surface area contributed by atoms with Crippen molar-refractivity contribution in [2.75, 3.05) is 12.3 Å². The second kappa shape index (κ2) is 5.43. The summed E-state index contributed by atoms with van der Waals surface area (Å²) < 4.78 is 44.3. The third-order valence-corrected chi connectivity index (χ3v) is 1.90. The SMILES string of the molecule is CCOC(=O)c1cnc(OC(F)(F)F)c(N)c1C#N. The summed E-state index contributed by atoms with van der Waals surface area (Å²) in [5.74, 6) is -1.89. The molecule has 9 heteroatoms. The van der Waals surface area contributed by atoms with Crippen LogP contribution in [0.1, 0.15) is 22.8 Å². The topological polar surface area (TPSA) is 98.2 Å². The number of hydrogen-bond donors (Lipinski definition) is 1. The lowest BCUT2D eigenvalue weighted by Crippen LogP contribution is -2.20. The van der Waals surface area contributed by atoms with Crippen molar-refractivity contribution in [3.8, 4) is 11.9 Å². The smallest absolute Gasteiger partial charge is 0.462 e. The van der Waals surface area contributed by atoms with Crippen molar-refractivity contribution in [1.29, 1.82) is 5.26 Å². The molecule has 6 nitrogen and oxygen atoms in total. The molecule has 0 unspecified atom stereocenters. The number of nitrogens with two attached hydrogens (primary N) is 1. The number of nitriles is 1. The fourth-order valence-corrected chi connectivity index (χ4v) is 1.18. The van der Waals surface area contributed by atoms with E-state index >= 15 is 0 Å². The molecule has 0 aliphatic carbocycles. The van der Waals surface area contributed by atoms with Crippen LogP contribution in [0, 0.1) is 11.3 Å². The number of alkyl halides is 3. The zero-order chi connectivity index (χ0) is 14.6. The monoisotopic (exact) mass is 275 g/mol. The molecule has 0 amide bonds. The zero-order valence-corrected chi connectivity index (χ0v) is 9.61. The average molecular weight is 275 g/mol. The van der Waals surface area contributed by atoms with Crippen molar-refractivity contribution in [2.45, 2.75) is 13.3 Å². The normalized spacial score (nSPS) is 10.7. The lowest BCUT2D eigenvalue weighted by molar-refractivity contribution is -0.275. The van der Waals surface area contributed by atoms with Gasteiger partial charge in [-0.3, -0.25) is 0 Å². The van der Waals surface area contributed by atoms with Crippen LogP contribution in [0.4, 0.5) is 18.9 Å². The molecule has 0 radical (unpaired) electrons. The van der Waals surface area contributed by atoms with Gasteiger partial charge in [-0.25, -0.2) is 9.78 Å². The standard InChI is InChI=1S/C10H8F3N3O3/c1-2-18-9(17)6-4-16-8(19-10(11,12)13)7(15)5(6)3-14/h4H,2,15H2,1H3. The second-order valence-corrected chi connectivity index (χ2v) is 3.15. The Balaban J connectivity index is 3.24. The summed E-state index contributed by atoms with van der Waals surface area (Å²) in [6, 6.07) is 1.52. The van der Waals surface area contributed by atoms with Crippen molar-refractivity contribution in [3.63, 3.8) is 0 Å². The van der Waals surface area contributed by atoms with Gasteiger partial charge in [-0.2, -0.15) is 5.26 Å². The highest BCUT2D eigenvalue weighted by Crippen LogP contribution is 2.30. The van der Waals surface area contributed by atoms with Gasteiger partial charge in [0.15, 0.2) is 0 Å². The molecule has 19 heavy (non-hydrogen) atoms. The molecular weight excluding hydrogens is 267 g/mol. The van der Waals surface area contributed by atoms with Crippen molar-refractivity contribution in [1.82, 2.24) is 4.98 Å². The van der Waals surface area contributed by atoms with Crippen LogP contribution in [-0.4, -0.2) is 23.9 Å². The lowest BCUT2D eigenvalue weighted by Gasteiger charge is -2.12. The molecule has 0 aliphatic rings. The van der Waals surface area contributed by atoms with E-state index in [4.69, 9.17) is 11.0 Å². The molecule has 1 aromatic heterocycles. The number of rotatable bonds is 3. The van der Waals surface area contributed by atoms with E-state index in [9.17, 15) is 18.0 Å². The Hall–Kier alpha value is -2.50.